The molecule has 1 saturated heterocycles. The normalized spacial score (nSPS) is 18.2. The van der Waals surface area contributed by atoms with Gasteiger partial charge in [-0.2, -0.15) is 0 Å². The standard InChI is InChI=1S/C29H36N6O/c1-33(15-16-34-13-5-6-14-34)26-18-23(28-22(11-12-31-28)27(26)29(30)36)20-9-10-25-24(17-20)32-19-35(25)21-7-3-2-4-8-21/h9-10,12,17-19,21H,2-8,11,13-16H2,1H3,(H2,30,36). The third kappa shape index (κ3) is 4.19. The Hall–Kier alpha value is -3.19. The fraction of sp³-hybridized carbons (Fsp3) is 0.483. The number of aromatic nitrogens is 2. The van der Waals surface area contributed by atoms with Gasteiger partial charge in [0.15, 0.2) is 0 Å². The van der Waals surface area contributed by atoms with Gasteiger partial charge >= 0.3 is 0 Å². The van der Waals surface area contributed by atoms with Crippen LogP contribution in [-0.2, 0) is 6.42 Å². The Balaban J connectivity index is 1.38. The zero-order valence-corrected chi connectivity index (χ0v) is 21.2. The molecule has 188 valence electrons. The highest BCUT2D eigenvalue weighted by Crippen LogP contribution is 2.43. The van der Waals surface area contributed by atoms with E-state index in [1.807, 2.05) is 12.5 Å². The highest BCUT2D eigenvalue weighted by atomic mass is 16.1. The maximum absolute atomic E-state index is 12.6. The van der Waals surface area contributed by atoms with Gasteiger partial charge in [0, 0.05) is 44.4 Å². The van der Waals surface area contributed by atoms with Crippen molar-refractivity contribution >= 4 is 34.5 Å². The van der Waals surface area contributed by atoms with Crippen molar-refractivity contribution in [2.75, 3.05) is 38.1 Å². The van der Waals surface area contributed by atoms with Crippen molar-refractivity contribution in [3.8, 4) is 11.1 Å². The second kappa shape index (κ2) is 9.69. The first-order valence-electron chi connectivity index (χ1n) is 13.5. The molecule has 0 radical (unpaired) electrons. The Morgan fingerprint density at radius 3 is 2.69 bits per heavy atom. The van der Waals surface area contributed by atoms with Gasteiger partial charge in [-0.1, -0.05) is 25.3 Å². The van der Waals surface area contributed by atoms with Crippen LogP contribution in [0, 0.1) is 0 Å². The molecule has 3 aromatic rings. The van der Waals surface area contributed by atoms with E-state index in [1.165, 1.54) is 50.5 Å². The number of primary amides is 1. The van der Waals surface area contributed by atoms with Gasteiger partial charge in [-0.25, -0.2) is 4.98 Å². The van der Waals surface area contributed by atoms with Crippen LogP contribution in [0.25, 0.3) is 22.2 Å². The van der Waals surface area contributed by atoms with Crippen LogP contribution < -0.4 is 10.6 Å². The molecule has 0 unspecified atom stereocenters. The Bertz CT molecular complexity index is 1310. The molecule has 2 aromatic carbocycles. The number of rotatable bonds is 7. The smallest absolute Gasteiger partial charge is 0.251 e. The van der Waals surface area contributed by atoms with E-state index < -0.39 is 0 Å². The number of anilines is 1. The number of nitrogens with two attached hydrogens (primary N) is 1. The molecule has 36 heavy (non-hydrogen) atoms. The maximum Gasteiger partial charge on any atom is 0.251 e. The van der Waals surface area contributed by atoms with Crippen LogP contribution in [0.4, 0.5) is 11.4 Å². The van der Waals surface area contributed by atoms with Crippen LogP contribution in [0.1, 0.15) is 66.9 Å². The molecule has 0 spiro atoms. The Morgan fingerprint density at radius 2 is 1.92 bits per heavy atom. The second-order valence-corrected chi connectivity index (χ2v) is 10.6. The molecule has 0 atom stereocenters. The molecule has 2 fully saturated rings. The van der Waals surface area contributed by atoms with Crippen molar-refractivity contribution < 1.29 is 4.79 Å². The molecule has 1 amide bonds. The summed E-state index contributed by atoms with van der Waals surface area (Å²) in [5.41, 5.74) is 13.6. The van der Waals surface area contributed by atoms with Crippen LogP contribution in [0.3, 0.4) is 0 Å². The van der Waals surface area contributed by atoms with Crippen LogP contribution in [0.2, 0.25) is 0 Å². The number of carbonyl (C=O) groups excluding carboxylic acids is 1. The summed E-state index contributed by atoms with van der Waals surface area (Å²) in [6.45, 7) is 4.16. The minimum Gasteiger partial charge on any atom is -0.373 e. The highest BCUT2D eigenvalue weighted by Gasteiger charge is 2.26. The van der Waals surface area contributed by atoms with Crippen LogP contribution in [0.5, 0.6) is 0 Å². The minimum absolute atomic E-state index is 0.381. The number of nitrogens with zero attached hydrogens (tertiary/aromatic N) is 5. The third-order valence-electron chi connectivity index (χ3n) is 8.36. The van der Waals surface area contributed by atoms with Gasteiger partial charge in [0.1, 0.15) is 0 Å². The van der Waals surface area contributed by atoms with Crippen LogP contribution >= 0.6 is 0 Å². The predicted molar refractivity (Wildman–Crippen MR) is 147 cm³/mol. The summed E-state index contributed by atoms with van der Waals surface area (Å²) < 4.78 is 2.37. The third-order valence-corrected chi connectivity index (χ3v) is 8.36. The number of fused-ring (bicyclic) bond motifs is 2. The Kier molecular flexibility index (Phi) is 6.25. The van der Waals surface area contributed by atoms with Crippen LogP contribution in [0.15, 0.2) is 35.6 Å². The summed E-state index contributed by atoms with van der Waals surface area (Å²) in [5.74, 6) is -0.381. The molecular formula is C29H36N6O. The lowest BCUT2D eigenvalue weighted by Crippen LogP contribution is -2.32. The summed E-state index contributed by atoms with van der Waals surface area (Å²) in [6, 6.07) is 9.23. The largest absolute Gasteiger partial charge is 0.373 e. The van der Waals surface area contributed by atoms with Crippen molar-refractivity contribution in [3.63, 3.8) is 0 Å². The number of imidazole rings is 1. The molecule has 6 rings (SSSR count). The zero-order valence-electron chi connectivity index (χ0n) is 21.2. The molecule has 1 aliphatic carbocycles. The molecule has 2 N–H and O–H groups in total. The summed E-state index contributed by atoms with van der Waals surface area (Å²) in [4.78, 5) is 26.8. The topological polar surface area (TPSA) is 79.8 Å². The van der Waals surface area contributed by atoms with E-state index >= 15 is 0 Å². The van der Waals surface area contributed by atoms with Crippen LogP contribution in [-0.4, -0.2) is 59.8 Å². The van der Waals surface area contributed by atoms with Crippen molar-refractivity contribution in [1.29, 1.82) is 0 Å². The van der Waals surface area contributed by atoms with Gasteiger partial charge in [-0.15, -0.1) is 0 Å². The number of benzene rings is 2. The van der Waals surface area contributed by atoms with Gasteiger partial charge < -0.3 is 20.1 Å². The Morgan fingerprint density at radius 1 is 1.11 bits per heavy atom. The number of likely N-dealkylation sites (N-methyl/N-ethyl adjacent to an activating group) is 1. The molecule has 7 heteroatoms. The van der Waals surface area contributed by atoms with E-state index in [0.717, 1.165) is 59.8 Å². The minimum atomic E-state index is -0.381. The van der Waals surface area contributed by atoms with Crippen molar-refractivity contribution in [2.45, 2.75) is 57.4 Å². The van der Waals surface area contributed by atoms with Gasteiger partial charge in [0.25, 0.3) is 5.91 Å². The van der Waals surface area contributed by atoms with E-state index in [9.17, 15) is 4.79 Å². The second-order valence-electron chi connectivity index (χ2n) is 10.6. The van der Waals surface area contributed by atoms with Gasteiger partial charge in [0.05, 0.1) is 34.3 Å². The average Bonchev–Trinajstić information content (AvgIpc) is 3.67. The van der Waals surface area contributed by atoms with Gasteiger partial charge in [-0.3, -0.25) is 9.79 Å². The quantitative estimate of drug-likeness (QED) is 0.506. The lowest BCUT2D eigenvalue weighted by molar-refractivity contribution is 0.1000. The van der Waals surface area contributed by atoms with Crippen molar-refractivity contribution in [1.82, 2.24) is 14.5 Å². The fourth-order valence-corrected chi connectivity index (χ4v) is 6.35. The summed E-state index contributed by atoms with van der Waals surface area (Å²) >= 11 is 0. The maximum atomic E-state index is 12.6. The van der Waals surface area contributed by atoms with E-state index in [1.54, 1.807) is 0 Å². The van der Waals surface area contributed by atoms with Gasteiger partial charge in [-0.05, 0) is 68.1 Å². The zero-order chi connectivity index (χ0) is 24.6. The number of likely N-dealkylation sites (tertiary alicyclic amines) is 1. The molecule has 7 nitrogen and oxygen atoms in total. The molecule has 0 bridgehead atoms. The van der Waals surface area contributed by atoms with E-state index in [-0.39, 0.29) is 5.91 Å². The number of aliphatic imine (C=N–C) groups is 1. The van der Waals surface area contributed by atoms with E-state index in [2.05, 4.69) is 45.7 Å². The molecule has 2 aliphatic heterocycles. The Labute approximate surface area is 213 Å². The monoisotopic (exact) mass is 484 g/mol. The van der Waals surface area contributed by atoms with E-state index in [0.29, 0.717) is 18.0 Å². The van der Waals surface area contributed by atoms with E-state index in [4.69, 9.17) is 15.7 Å². The first kappa shape index (κ1) is 23.2. The summed E-state index contributed by atoms with van der Waals surface area (Å²) in [6.07, 6.45) is 13.5. The lowest BCUT2D eigenvalue weighted by Gasteiger charge is -2.27. The first-order chi connectivity index (χ1) is 17.6. The molecular weight excluding hydrogens is 448 g/mol. The van der Waals surface area contributed by atoms with Crippen molar-refractivity contribution in [2.24, 2.45) is 10.7 Å². The predicted octanol–water partition coefficient (Wildman–Crippen LogP) is 5.10. The molecule has 1 aromatic heterocycles. The summed E-state index contributed by atoms with van der Waals surface area (Å²) in [5, 5.41) is 0. The SMILES string of the molecule is CN(CCN1CCCC1)c1cc(-c2ccc3c(c2)ncn3C2CCCCC2)c2c(c1C(N)=O)CC=N2. The number of carbonyl (C=O) groups is 1. The summed E-state index contributed by atoms with van der Waals surface area (Å²) in [7, 11) is 2.07. The molecule has 1 saturated carbocycles. The van der Waals surface area contributed by atoms with Crippen molar-refractivity contribution in [3.05, 3.63) is 41.7 Å². The lowest BCUT2D eigenvalue weighted by atomic mass is 9.93. The number of hydrogen-bond donors (Lipinski definition) is 1. The molecule has 3 aliphatic rings. The van der Waals surface area contributed by atoms with Gasteiger partial charge in [0.2, 0.25) is 0 Å². The highest BCUT2D eigenvalue weighted by molar-refractivity contribution is 6.06. The average molecular weight is 485 g/mol. The molecule has 3 heterocycles. The fourth-order valence-electron chi connectivity index (χ4n) is 6.35. The first-order valence-corrected chi connectivity index (χ1v) is 13.5. The number of amides is 1. The number of hydrogen-bond acceptors (Lipinski definition) is 5.